The van der Waals surface area contributed by atoms with Crippen molar-refractivity contribution in [2.75, 3.05) is 50.2 Å². The summed E-state index contributed by atoms with van der Waals surface area (Å²) in [6, 6.07) is 11.3. The maximum Gasteiger partial charge on any atom is 0.255 e. The molecule has 2 aromatic carbocycles. The van der Waals surface area contributed by atoms with E-state index < -0.39 is 0 Å². The second-order valence-electron chi connectivity index (χ2n) is 7.52. The number of methoxy groups -OCH3 is 1. The predicted molar refractivity (Wildman–Crippen MR) is 127 cm³/mol. The highest BCUT2D eigenvalue weighted by molar-refractivity contribution is 6.05. The summed E-state index contributed by atoms with van der Waals surface area (Å²) in [6.45, 7) is 9.01. The third kappa shape index (κ3) is 5.85. The Labute approximate surface area is 190 Å². The van der Waals surface area contributed by atoms with Crippen molar-refractivity contribution in [2.24, 2.45) is 0 Å². The smallest absolute Gasteiger partial charge is 0.255 e. The third-order valence-electron chi connectivity index (χ3n) is 5.44. The van der Waals surface area contributed by atoms with Gasteiger partial charge in [-0.15, -0.1) is 0 Å². The molecule has 1 aliphatic rings. The summed E-state index contributed by atoms with van der Waals surface area (Å²) in [4.78, 5) is 15.3. The van der Waals surface area contributed by atoms with Crippen LogP contribution in [0.15, 0.2) is 36.4 Å². The van der Waals surface area contributed by atoms with Crippen LogP contribution in [0.25, 0.3) is 0 Å². The zero-order chi connectivity index (χ0) is 22.9. The lowest BCUT2D eigenvalue weighted by molar-refractivity contribution is 0.0819. The van der Waals surface area contributed by atoms with Gasteiger partial charge in [-0.05, 0) is 70.0 Å². The number of nitrogens with one attached hydrogen (secondary N) is 1. The van der Waals surface area contributed by atoms with Gasteiger partial charge in [-0.3, -0.25) is 4.79 Å². The van der Waals surface area contributed by atoms with E-state index in [0.717, 1.165) is 37.3 Å². The number of piperidine rings is 1. The molecule has 1 amide bonds. The highest BCUT2D eigenvalue weighted by Crippen LogP contribution is 2.39. The second kappa shape index (κ2) is 11.6. The lowest BCUT2D eigenvalue weighted by Crippen LogP contribution is -2.36. The van der Waals surface area contributed by atoms with Gasteiger partial charge in [0, 0.05) is 37.1 Å². The van der Waals surface area contributed by atoms with E-state index in [1.807, 2.05) is 45.0 Å². The van der Waals surface area contributed by atoms with E-state index in [9.17, 15) is 4.79 Å². The van der Waals surface area contributed by atoms with E-state index >= 15 is 0 Å². The van der Waals surface area contributed by atoms with Gasteiger partial charge >= 0.3 is 0 Å². The molecule has 0 spiro atoms. The minimum Gasteiger partial charge on any atom is -0.490 e. The summed E-state index contributed by atoms with van der Waals surface area (Å²) >= 11 is 0. The number of nitrogens with zero attached hydrogens (tertiary/aromatic N) is 1. The molecule has 32 heavy (non-hydrogen) atoms. The number of ether oxygens (including phenoxy) is 4. The normalized spacial score (nSPS) is 14.2. The Morgan fingerprint density at radius 2 is 1.50 bits per heavy atom. The van der Waals surface area contributed by atoms with E-state index in [2.05, 4.69) is 10.2 Å². The van der Waals surface area contributed by atoms with Crippen LogP contribution < -0.4 is 24.4 Å². The van der Waals surface area contributed by atoms with Crippen LogP contribution in [0.4, 0.5) is 11.4 Å². The average molecular weight is 443 g/mol. The number of amides is 1. The van der Waals surface area contributed by atoms with Gasteiger partial charge in [-0.25, -0.2) is 0 Å². The molecule has 1 N–H and O–H groups in total. The van der Waals surface area contributed by atoms with Gasteiger partial charge in [-0.2, -0.15) is 0 Å². The molecule has 0 atom stereocenters. The molecule has 0 radical (unpaired) electrons. The van der Waals surface area contributed by atoms with Crippen molar-refractivity contribution >= 4 is 17.3 Å². The number of carbonyl (C=O) groups excluding carboxylic acids is 1. The summed E-state index contributed by atoms with van der Waals surface area (Å²) < 4.78 is 22.6. The summed E-state index contributed by atoms with van der Waals surface area (Å²) in [5.41, 5.74) is 2.33. The first-order valence-corrected chi connectivity index (χ1v) is 11.3. The SMILES string of the molecule is CCOc1cc(C(=O)Nc2ccc(N3CCC(OC)CC3)cc2)cc(OCC)c1OCC. The highest BCUT2D eigenvalue weighted by atomic mass is 16.5. The van der Waals surface area contributed by atoms with Gasteiger partial charge in [0.15, 0.2) is 11.5 Å². The van der Waals surface area contributed by atoms with Crippen molar-refractivity contribution in [2.45, 2.75) is 39.7 Å². The van der Waals surface area contributed by atoms with Crippen LogP contribution in [0.3, 0.4) is 0 Å². The zero-order valence-electron chi connectivity index (χ0n) is 19.5. The third-order valence-corrected chi connectivity index (χ3v) is 5.44. The Morgan fingerprint density at radius 3 is 2.00 bits per heavy atom. The maximum atomic E-state index is 13.0. The Balaban J connectivity index is 1.73. The van der Waals surface area contributed by atoms with Gasteiger partial charge in [0.25, 0.3) is 5.91 Å². The Kier molecular flexibility index (Phi) is 8.62. The van der Waals surface area contributed by atoms with Crippen LogP contribution in [0, 0.1) is 0 Å². The average Bonchev–Trinajstić information content (AvgIpc) is 2.82. The van der Waals surface area contributed by atoms with E-state index in [4.69, 9.17) is 18.9 Å². The number of hydrogen-bond acceptors (Lipinski definition) is 6. The van der Waals surface area contributed by atoms with Gasteiger partial charge in [-0.1, -0.05) is 0 Å². The molecule has 0 bridgehead atoms. The van der Waals surface area contributed by atoms with Crippen LogP contribution in [0.1, 0.15) is 44.0 Å². The van der Waals surface area contributed by atoms with Gasteiger partial charge < -0.3 is 29.2 Å². The lowest BCUT2D eigenvalue weighted by Gasteiger charge is -2.33. The first kappa shape index (κ1) is 23.7. The molecule has 7 heteroatoms. The van der Waals surface area contributed by atoms with Crippen molar-refractivity contribution in [1.29, 1.82) is 0 Å². The molecule has 3 rings (SSSR count). The predicted octanol–water partition coefficient (Wildman–Crippen LogP) is 4.75. The Bertz CT molecular complexity index is 849. The first-order chi connectivity index (χ1) is 15.6. The molecular formula is C25H34N2O5. The Morgan fingerprint density at radius 1 is 0.938 bits per heavy atom. The molecule has 0 aromatic heterocycles. The molecule has 0 unspecified atom stereocenters. The summed E-state index contributed by atoms with van der Waals surface area (Å²) in [5, 5.41) is 2.97. The molecule has 0 aliphatic carbocycles. The molecule has 2 aromatic rings. The van der Waals surface area contributed by atoms with E-state index in [1.165, 1.54) is 0 Å². The fourth-order valence-corrected chi connectivity index (χ4v) is 3.83. The topological polar surface area (TPSA) is 69.3 Å². The van der Waals surface area contributed by atoms with Crippen LogP contribution >= 0.6 is 0 Å². The largest absolute Gasteiger partial charge is 0.490 e. The summed E-state index contributed by atoms with van der Waals surface area (Å²) in [5.74, 6) is 1.29. The van der Waals surface area contributed by atoms with E-state index in [-0.39, 0.29) is 5.91 Å². The molecule has 1 saturated heterocycles. The van der Waals surface area contributed by atoms with Gasteiger partial charge in [0.05, 0.1) is 25.9 Å². The van der Waals surface area contributed by atoms with Gasteiger partial charge in [0.1, 0.15) is 0 Å². The van der Waals surface area contributed by atoms with Crippen molar-refractivity contribution in [3.05, 3.63) is 42.0 Å². The minimum atomic E-state index is -0.233. The van der Waals surface area contributed by atoms with Crippen molar-refractivity contribution in [3.63, 3.8) is 0 Å². The highest BCUT2D eigenvalue weighted by Gasteiger charge is 2.20. The molecule has 7 nitrogen and oxygen atoms in total. The quantitative estimate of drug-likeness (QED) is 0.573. The van der Waals surface area contributed by atoms with Crippen molar-refractivity contribution < 1.29 is 23.7 Å². The maximum absolute atomic E-state index is 13.0. The molecule has 1 fully saturated rings. The monoisotopic (exact) mass is 442 g/mol. The second-order valence-corrected chi connectivity index (χ2v) is 7.52. The fourth-order valence-electron chi connectivity index (χ4n) is 3.83. The van der Waals surface area contributed by atoms with Crippen LogP contribution in [0.2, 0.25) is 0 Å². The molecular weight excluding hydrogens is 408 g/mol. The van der Waals surface area contributed by atoms with Crippen molar-refractivity contribution in [1.82, 2.24) is 0 Å². The minimum absolute atomic E-state index is 0.233. The lowest BCUT2D eigenvalue weighted by atomic mass is 10.1. The molecule has 1 heterocycles. The molecule has 0 saturated carbocycles. The number of carbonyl (C=O) groups is 1. The standard InChI is InChI=1S/C25H34N2O5/c1-5-30-22-16-18(17-23(31-6-2)24(22)32-7-3)25(28)26-19-8-10-20(11-9-19)27-14-12-21(29-4)13-15-27/h8-11,16-17,21H,5-7,12-15H2,1-4H3,(H,26,28). The Hall–Kier alpha value is -2.93. The van der Waals surface area contributed by atoms with Crippen LogP contribution in [0.5, 0.6) is 17.2 Å². The summed E-state index contributed by atoms with van der Waals surface area (Å²) in [7, 11) is 1.77. The zero-order valence-corrected chi connectivity index (χ0v) is 19.5. The summed E-state index contributed by atoms with van der Waals surface area (Å²) in [6.07, 6.45) is 2.40. The van der Waals surface area contributed by atoms with E-state index in [1.54, 1.807) is 19.2 Å². The van der Waals surface area contributed by atoms with E-state index in [0.29, 0.717) is 48.7 Å². The van der Waals surface area contributed by atoms with Crippen molar-refractivity contribution in [3.8, 4) is 17.2 Å². The van der Waals surface area contributed by atoms with Crippen LogP contribution in [-0.2, 0) is 4.74 Å². The fraction of sp³-hybridized carbons (Fsp3) is 0.480. The van der Waals surface area contributed by atoms with Crippen LogP contribution in [-0.4, -0.2) is 52.0 Å². The molecule has 174 valence electrons. The first-order valence-electron chi connectivity index (χ1n) is 11.3. The van der Waals surface area contributed by atoms with Gasteiger partial charge in [0.2, 0.25) is 5.75 Å². The number of anilines is 2. The number of rotatable bonds is 10. The number of benzene rings is 2. The molecule has 1 aliphatic heterocycles. The number of hydrogen-bond donors (Lipinski definition) is 1.